The molecule has 10 N–H and O–H groups in total. The molecule has 1 aliphatic heterocycles. The Labute approximate surface area is 138 Å². The second-order valence-electron chi connectivity index (χ2n) is 6.14. The van der Waals surface area contributed by atoms with Crippen molar-refractivity contribution in [3.05, 3.63) is 35.9 Å². The van der Waals surface area contributed by atoms with E-state index >= 15 is 0 Å². The Morgan fingerprint density at radius 3 is 1.96 bits per heavy atom. The van der Waals surface area contributed by atoms with Crippen LogP contribution in [-0.4, -0.2) is 76.6 Å². The van der Waals surface area contributed by atoms with Crippen LogP contribution in [0.1, 0.15) is 12.5 Å². The average Bonchev–Trinajstić information content (AvgIpc) is 2.50. The fourth-order valence-electron chi connectivity index (χ4n) is 2.97. The molecular weight excluding hydrogens is 322 g/mol. The number of hydrogen-bond donors (Lipinski definition) is 9. The van der Waals surface area contributed by atoms with Gasteiger partial charge in [0.2, 0.25) is 11.6 Å². The van der Waals surface area contributed by atoms with Crippen molar-refractivity contribution in [3.8, 4) is 0 Å². The van der Waals surface area contributed by atoms with Crippen LogP contribution in [0.4, 0.5) is 0 Å². The van der Waals surface area contributed by atoms with Gasteiger partial charge in [-0.3, -0.25) is 11.1 Å². The number of rotatable bonds is 3. The molecular formula is C14H23N3O7. The van der Waals surface area contributed by atoms with Gasteiger partial charge in [-0.15, -0.1) is 0 Å². The van der Waals surface area contributed by atoms with Gasteiger partial charge in [0.05, 0.1) is 0 Å². The number of aliphatic hydroxyl groups is 7. The lowest BCUT2D eigenvalue weighted by molar-refractivity contribution is -0.531. The minimum absolute atomic E-state index is 0.254. The van der Waals surface area contributed by atoms with Crippen molar-refractivity contribution < 1.29 is 35.7 Å². The molecule has 10 nitrogen and oxygen atoms in total. The Kier molecular flexibility index (Phi) is 4.31. The van der Waals surface area contributed by atoms with Crippen molar-refractivity contribution in [1.82, 2.24) is 10.2 Å². The Morgan fingerprint density at radius 1 is 1.00 bits per heavy atom. The predicted molar refractivity (Wildman–Crippen MR) is 80.1 cm³/mol. The zero-order chi connectivity index (χ0) is 18.6. The van der Waals surface area contributed by atoms with E-state index < -0.39 is 35.4 Å². The van der Waals surface area contributed by atoms with Gasteiger partial charge < -0.3 is 35.7 Å². The Balaban J connectivity index is 2.64. The van der Waals surface area contributed by atoms with E-state index in [1.54, 1.807) is 30.3 Å². The standard InChI is InChI=1S/C14H23N3O7/c1-10(18)11(19,16-2)14(23,24)17(13(15,22)12(10,20)21)8-9-6-4-3-5-7-9/h3-7,16,18-24H,8,15H2,1-2H3. The van der Waals surface area contributed by atoms with Gasteiger partial charge >= 0.3 is 0 Å². The summed E-state index contributed by atoms with van der Waals surface area (Å²) in [7, 11) is 1.05. The van der Waals surface area contributed by atoms with Crippen molar-refractivity contribution in [3.63, 3.8) is 0 Å². The number of nitrogens with zero attached hydrogens (tertiary/aromatic N) is 1. The molecule has 0 aromatic heterocycles. The van der Waals surface area contributed by atoms with Crippen LogP contribution in [0.2, 0.25) is 0 Å². The highest BCUT2D eigenvalue weighted by atomic mass is 16.6. The summed E-state index contributed by atoms with van der Waals surface area (Å²) in [6, 6.07) is 8.03. The maximum absolute atomic E-state index is 10.6. The summed E-state index contributed by atoms with van der Waals surface area (Å²) in [5.74, 6) is -10.2. The Bertz CT molecular complexity index is 606. The monoisotopic (exact) mass is 345 g/mol. The van der Waals surface area contributed by atoms with E-state index in [1.165, 1.54) is 0 Å². The second kappa shape index (κ2) is 5.41. The molecule has 0 spiro atoms. The number of likely N-dealkylation sites (tertiary alicyclic amines) is 1. The lowest BCUT2D eigenvalue weighted by Gasteiger charge is -2.64. The summed E-state index contributed by atoms with van der Waals surface area (Å²) in [5.41, 5.74) is -0.237. The van der Waals surface area contributed by atoms with E-state index in [4.69, 9.17) is 5.73 Å². The zero-order valence-electron chi connectivity index (χ0n) is 13.2. The summed E-state index contributed by atoms with van der Waals surface area (Å²) in [5, 5.41) is 74.8. The molecule has 24 heavy (non-hydrogen) atoms. The molecule has 3 unspecified atom stereocenters. The first-order valence-electron chi connectivity index (χ1n) is 7.13. The largest absolute Gasteiger partial charge is 0.380 e. The highest BCUT2D eigenvalue weighted by molar-refractivity contribution is 5.22. The van der Waals surface area contributed by atoms with E-state index in [1.807, 2.05) is 5.32 Å². The molecule has 1 aromatic carbocycles. The van der Waals surface area contributed by atoms with Gasteiger partial charge in [0.15, 0.2) is 5.60 Å². The lowest BCUT2D eigenvalue weighted by atomic mass is 9.73. The highest BCUT2D eigenvalue weighted by Crippen LogP contribution is 2.49. The molecule has 1 fully saturated rings. The van der Waals surface area contributed by atoms with Gasteiger partial charge in [-0.05, 0) is 19.5 Å². The fourth-order valence-corrected chi connectivity index (χ4v) is 2.97. The summed E-state index contributed by atoms with van der Waals surface area (Å²) in [6.45, 7) is 0.187. The molecule has 2 rings (SSSR count). The Morgan fingerprint density at radius 2 is 1.50 bits per heavy atom. The van der Waals surface area contributed by atoms with Crippen LogP contribution in [0.5, 0.6) is 0 Å². The number of benzene rings is 1. The maximum atomic E-state index is 10.6. The molecule has 0 amide bonds. The minimum atomic E-state index is -3.55. The van der Waals surface area contributed by atoms with E-state index in [9.17, 15) is 35.7 Å². The number of likely N-dealkylation sites (N-methyl/N-ethyl adjacent to an activating group) is 1. The third-order valence-electron chi connectivity index (χ3n) is 4.72. The van der Waals surface area contributed by atoms with Crippen molar-refractivity contribution in [2.75, 3.05) is 7.05 Å². The van der Waals surface area contributed by atoms with Crippen molar-refractivity contribution in [2.24, 2.45) is 5.73 Å². The summed E-state index contributed by atoms with van der Waals surface area (Å²) in [6.07, 6.45) is 0. The zero-order valence-corrected chi connectivity index (χ0v) is 13.2. The first kappa shape index (κ1) is 19.1. The molecule has 10 heteroatoms. The van der Waals surface area contributed by atoms with E-state index in [0.29, 0.717) is 12.5 Å². The normalized spacial score (nSPS) is 38.9. The summed E-state index contributed by atoms with van der Waals surface area (Å²) < 4.78 is 0. The molecule has 0 saturated carbocycles. The molecule has 0 aliphatic carbocycles. The van der Waals surface area contributed by atoms with E-state index in [2.05, 4.69) is 0 Å². The highest BCUT2D eigenvalue weighted by Gasteiger charge is 2.81. The molecule has 1 heterocycles. The van der Waals surface area contributed by atoms with Gasteiger partial charge in [-0.25, -0.2) is 0 Å². The fraction of sp³-hybridized carbons (Fsp3) is 0.571. The first-order chi connectivity index (χ1) is 10.8. The molecule has 1 saturated heterocycles. The van der Waals surface area contributed by atoms with E-state index in [0.717, 1.165) is 7.05 Å². The molecule has 3 atom stereocenters. The number of piperidine rings is 1. The Hall–Kier alpha value is -1.18. The summed E-state index contributed by atoms with van der Waals surface area (Å²) >= 11 is 0. The van der Waals surface area contributed by atoms with Gasteiger partial charge in [0, 0.05) is 6.54 Å². The van der Waals surface area contributed by atoms with Crippen LogP contribution in [0.15, 0.2) is 30.3 Å². The van der Waals surface area contributed by atoms with Gasteiger partial charge in [-0.2, -0.15) is 4.90 Å². The van der Waals surface area contributed by atoms with Crippen molar-refractivity contribution in [2.45, 2.75) is 42.3 Å². The van der Waals surface area contributed by atoms with Gasteiger partial charge in [0.25, 0.3) is 11.7 Å². The number of hydrogen-bond acceptors (Lipinski definition) is 10. The van der Waals surface area contributed by atoms with Crippen LogP contribution < -0.4 is 11.1 Å². The summed E-state index contributed by atoms with van der Waals surface area (Å²) in [4.78, 5) is 0.254. The topological polar surface area (TPSA) is 183 Å². The number of nitrogens with two attached hydrogens (primary N) is 1. The molecule has 136 valence electrons. The van der Waals surface area contributed by atoms with Crippen LogP contribution in [0.3, 0.4) is 0 Å². The maximum Gasteiger partial charge on any atom is 0.276 e. The van der Waals surface area contributed by atoms with Gasteiger partial charge in [-0.1, -0.05) is 30.3 Å². The molecule has 0 radical (unpaired) electrons. The predicted octanol–water partition coefficient (Wildman–Crippen LogP) is -3.91. The second-order valence-corrected chi connectivity index (χ2v) is 6.14. The average molecular weight is 345 g/mol. The lowest BCUT2D eigenvalue weighted by Crippen LogP contribution is -2.96. The third-order valence-corrected chi connectivity index (χ3v) is 4.72. The minimum Gasteiger partial charge on any atom is -0.380 e. The van der Waals surface area contributed by atoms with Crippen LogP contribution >= 0.6 is 0 Å². The van der Waals surface area contributed by atoms with Crippen LogP contribution in [-0.2, 0) is 6.54 Å². The SMILES string of the molecule is CNC1(O)C(O)(O)N(Cc2ccccc2)C(N)(O)C(O)(O)C1(C)O. The smallest absolute Gasteiger partial charge is 0.276 e. The number of nitrogens with one attached hydrogen (secondary N) is 1. The molecule has 1 aromatic rings. The van der Waals surface area contributed by atoms with Crippen molar-refractivity contribution in [1.29, 1.82) is 0 Å². The van der Waals surface area contributed by atoms with Crippen LogP contribution in [0.25, 0.3) is 0 Å². The molecule has 1 aliphatic rings. The van der Waals surface area contributed by atoms with Crippen LogP contribution in [0, 0.1) is 0 Å². The molecule has 0 bridgehead atoms. The third kappa shape index (κ3) is 2.14. The first-order valence-corrected chi connectivity index (χ1v) is 7.13. The quantitative estimate of drug-likeness (QED) is 0.245. The van der Waals surface area contributed by atoms with E-state index in [-0.39, 0.29) is 4.90 Å². The van der Waals surface area contributed by atoms with Crippen molar-refractivity contribution >= 4 is 0 Å². The van der Waals surface area contributed by atoms with Gasteiger partial charge in [0.1, 0.15) is 0 Å².